The summed E-state index contributed by atoms with van der Waals surface area (Å²) in [5, 5.41) is 3.41. The maximum Gasteiger partial charge on any atom is 0.0574 e. The van der Waals surface area contributed by atoms with E-state index in [1.165, 1.54) is 44.1 Å². The molecule has 2 heteroatoms. The topological polar surface area (TPSA) is 38.0 Å². The minimum Gasteiger partial charge on any atom is -0.397 e. The van der Waals surface area contributed by atoms with Crippen molar-refractivity contribution in [2.45, 2.75) is 52.4 Å². The van der Waals surface area contributed by atoms with E-state index in [9.17, 15) is 0 Å². The number of rotatable bonds is 8. The standard InChI is InChI=1S/C15H26N2/c1-3-4-5-6-7-8-11-17-15-10-9-13(2)12-14(15)16/h9-10,12,17H,3-8,11,16H2,1-2H3. The lowest BCUT2D eigenvalue weighted by Crippen LogP contribution is -2.04. The highest BCUT2D eigenvalue weighted by Crippen LogP contribution is 2.19. The Morgan fingerprint density at radius 3 is 2.47 bits per heavy atom. The summed E-state index contributed by atoms with van der Waals surface area (Å²) in [6.07, 6.45) is 7.98. The van der Waals surface area contributed by atoms with Crippen molar-refractivity contribution in [2.24, 2.45) is 0 Å². The highest BCUT2D eigenvalue weighted by Gasteiger charge is 1.97. The van der Waals surface area contributed by atoms with Crippen LogP contribution in [0.15, 0.2) is 18.2 Å². The molecule has 0 fully saturated rings. The molecule has 0 atom stereocenters. The van der Waals surface area contributed by atoms with Crippen molar-refractivity contribution in [3.8, 4) is 0 Å². The molecule has 96 valence electrons. The molecule has 0 unspecified atom stereocenters. The molecule has 0 amide bonds. The lowest BCUT2D eigenvalue weighted by atomic mass is 10.1. The highest BCUT2D eigenvalue weighted by atomic mass is 14.9. The van der Waals surface area contributed by atoms with Crippen molar-refractivity contribution in [1.82, 2.24) is 0 Å². The maximum absolute atomic E-state index is 5.94. The molecule has 0 heterocycles. The van der Waals surface area contributed by atoms with Gasteiger partial charge < -0.3 is 11.1 Å². The zero-order valence-corrected chi connectivity index (χ0v) is 11.3. The summed E-state index contributed by atoms with van der Waals surface area (Å²) in [7, 11) is 0. The van der Waals surface area contributed by atoms with Gasteiger partial charge in [0.2, 0.25) is 0 Å². The molecule has 1 rings (SSSR count). The lowest BCUT2D eigenvalue weighted by Gasteiger charge is -2.09. The van der Waals surface area contributed by atoms with E-state index >= 15 is 0 Å². The first-order chi connectivity index (χ1) is 8.24. The van der Waals surface area contributed by atoms with Crippen molar-refractivity contribution in [2.75, 3.05) is 17.6 Å². The Morgan fingerprint density at radius 2 is 1.76 bits per heavy atom. The fourth-order valence-electron chi connectivity index (χ4n) is 1.97. The van der Waals surface area contributed by atoms with Gasteiger partial charge >= 0.3 is 0 Å². The molecule has 0 aliphatic carbocycles. The highest BCUT2D eigenvalue weighted by molar-refractivity contribution is 5.66. The molecule has 0 radical (unpaired) electrons. The van der Waals surface area contributed by atoms with Gasteiger partial charge in [0.25, 0.3) is 0 Å². The molecule has 0 aromatic heterocycles. The average Bonchev–Trinajstić information content (AvgIpc) is 2.30. The van der Waals surface area contributed by atoms with Gasteiger partial charge in [-0.1, -0.05) is 45.1 Å². The van der Waals surface area contributed by atoms with Crippen LogP contribution in [-0.4, -0.2) is 6.54 Å². The smallest absolute Gasteiger partial charge is 0.0574 e. The van der Waals surface area contributed by atoms with Crippen molar-refractivity contribution < 1.29 is 0 Å². The Bertz CT molecular complexity index is 321. The lowest BCUT2D eigenvalue weighted by molar-refractivity contribution is 0.617. The van der Waals surface area contributed by atoms with Crippen LogP contribution in [0, 0.1) is 6.92 Å². The molecule has 0 saturated carbocycles. The number of aryl methyl sites for hydroxylation is 1. The molecule has 1 aromatic carbocycles. The normalized spacial score (nSPS) is 10.5. The van der Waals surface area contributed by atoms with Crippen LogP contribution in [0.1, 0.15) is 51.0 Å². The predicted molar refractivity (Wildman–Crippen MR) is 77.5 cm³/mol. The van der Waals surface area contributed by atoms with Crippen molar-refractivity contribution in [3.05, 3.63) is 23.8 Å². The van der Waals surface area contributed by atoms with Gasteiger partial charge in [-0.25, -0.2) is 0 Å². The summed E-state index contributed by atoms with van der Waals surface area (Å²) in [4.78, 5) is 0. The molecule has 17 heavy (non-hydrogen) atoms. The van der Waals surface area contributed by atoms with Crippen molar-refractivity contribution >= 4 is 11.4 Å². The van der Waals surface area contributed by atoms with Gasteiger partial charge in [0.1, 0.15) is 0 Å². The summed E-state index contributed by atoms with van der Waals surface area (Å²) >= 11 is 0. The van der Waals surface area contributed by atoms with Crippen LogP contribution in [0.25, 0.3) is 0 Å². The Labute approximate surface area is 106 Å². The van der Waals surface area contributed by atoms with Gasteiger partial charge in [-0.3, -0.25) is 0 Å². The van der Waals surface area contributed by atoms with Crippen LogP contribution in [0.3, 0.4) is 0 Å². The number of nitrogen functional groups attached to an aromatic ring is 1. The van der Waals surface area contributed by atoms with E-state index in [1.807, 2.05) is 6.07 Å². The second-order valence-electron chi connectivity index (χ2n) is 4.79. The molecule has 3 N–H and O–H groups in total. The van der Waals surface area contributed by atoms with E-state index in [0.717, 1.165) is 17.9 Å². The van der Waals surface area contributed by atoms with Gasteiger partial charge in [0, 0.05) is 6.54 Å². The van der Waals surface area contributed by atoms with E-state index in [1.54, 1.807) is 0 Å². The Balaban J connectivity index is 2.14. The van der Waals surface area contributed by atoms with Gasteiger partial charge in [-0.15, -0.1) is 0 Å². The van der Waals surface area contributed by atoms with Crippen LogP contribution in [0.5, 0.6) is 0 Å². The number of hydrogen-bond donors (Lipinski definition) is 2. The minimum atomic E-state index is 0.857. The van der Waals surface area contributed by atoms with Crippen LogP contribution in [-0.2, 0) is 0 Å². The third kappa shape index (κ3) is 5.62. The first kappa shape index (κ1) is 13.9. The maximum atomic E-state index is 5.94. The second kappa shape index (κ2) is 7.99. The summed E-state index contributed by atoms with van der Waals surface area (Å²) in [6, 6.07) is 6.19. The van der Waals surface area contributed by atoms with Crippen LogP contribution in [0.4, 0.5) is 11.4 Å². The molecule has 2 nitrogen and oxygen atoms in total. The third-order valence-corrected chi connectivity index (χ3v) is 3.05. The van der Waals surface area contributed by atoms with Gasteiger partial charge in [0.15, 0.2) is 0 Å². The van der Waals surface area contributed by atoms with Gasteiger partial charge in [-0.2, -0.15) is 0 Å². The fraction of sp³-hybridized carbons (Fsp3) is 0.600. The third-order valence-electron chi connectivity index (χ3n) is 3.05. The van der Waals surface area contributed by atoms with E-state index in [0.29, 0.717) is 0 Å². The molecule has 0 aliphatic rings. The first-order valence-electron chi connectivity index (χ1n) is 6.84. The van der Waals surface area contributed by atoms with E-state index in [-0.39, 0.29) is 0 Å². The van der Waals surface area contributed by atoms with E-state index < -0.39 is 0 Å². The number of unbranched alkanes of at least 4 members (excludes halogenated alkanes) is 5. The molecule has 0 spiro atoms. The van der Waals surface area contributed by atoms with Crippen LogP contribution in [0.2, 0.25) is 0 Å². The fourth-order valence-corrected chi connectivity index (χ4v) is 1.97. The Kier molecular flexibility index (Phi) is 6.53. The zero-order chi connectivity index (χ0) is 12.5. The molecular weight excluding hydrogens is 208 g/mol. The molecule has 0 bridgehead atoms. The van der Waals surface area contributed by atoms with Crippen LogP contribution >= 0.6 is 0 Å². The summed E-state index contributed by atoms with van der Waals surface area (Å²) < 4.78 is 0. The SMILES string of the molecule is CCCCCCCCNc1ccc(C)cc1N. The number of nitrogens with two attached hydrogens (primary N) is 1. The Hall–Kier alpha value is -1.18. The summed E-state index contributed by atoms with van der Waals surface area (Å²) in [5.74, 6) is 0. The number of benzene rings is 1. The first-order valence-corrected chi connectivity index (χ1v) is 6.84. The molecule has 0 saturated heterocycles. The largest absolute Gasteiger partial charge is 0.397 e. The van der Waals surface area contributed by atoms with Crippen molar-refractivity contribution in [3.63, 3.8) is 0 Å². The zero-order valence-electron chi connectivity index (χ0n) is 11.3. The number of anilines is 2. The molecular formula is C15H26N2. The van der Waals surface area contributed by atoms with E-state index in [2.05, 4.69) is 31.3 Å². The quantitative estimate of drug-likeness (QED) is 0.518. The minimum absolute atomic E-state index is 0.857. The summed E-state index contributed by atoms with van der Waals surface area (Å²) in [6.45, 7) is 5.34. The average molecular weight is 234 g/mol. The van der Waals surface area contributed by atoms with Gasteiger partial charge in [0.05, 0.1) is 11.4 Å². The Morgan fingerprint density at radius 1 is 1.06 bits per heavy atom. The molecule has 0 aliphatic heterocycles. The van der Waals surface area contributed by atoms with Crippen LogP contribution < -0.4 is 11.1 Å². The number of hydrogen-bond acceptors (Lipinski definition) is 2. The van der Waals surface area contributed by atoms with Crippen molar-refractivity contribution in [1.29, 1.82) is 0 Å². The monoisotopic (exact) mass is 234 g/mol. The van der Waals surface area contributed by atoms with E-state index in [4.69, 9.17) is 5.73 Å². The molecule has 1 aromatic rings. The number of nitrogens with one attached hydrogen (secondary N) is 1. The summed E-state index contributed by atoms with van der Waals surface area (Å²) in [5.41, 5.74) is 9.09. The predicted octanol–water partition coefficient (Wildman–Crippen LogP) is 4.35. The second-order valence-corrected chi connectivity index (χ2v) is 4.79. The van der Waals surface area contributed by atoms with Gasteiger partial charge in [-0.05, 0) is 31.0 Å².